The molecule has 0 spiro atoms. The number of H-pyrrole nitrogens is 1. The van der Waals surface area contributed by atoms with Crippen LogP contribution in [0.1, 0.15) is 27.0 Å². The van der Waals surface area contributed by atoms with E-state index < -0.39 is 0 Å². The van der Waals surface area contributed by atoms with Crippen molar-refractivity contribution in [1.82, 2.24) is 15.3 Å². The second-order valence-electron chi connectivity index (χ2n) is 7.33. The molecule has 0 aliphatic carbocycles. The third kappa shape index (κ3) is 4.46. The monoisotopic (exact) mass is 384 g/mol. The Hall–Kier alpha value is -3.60. The van der Waals surface area contributed by atoms with Crippen molar-refractivity contribution in [3.8, 4) is 0 Å². The van der Waals surface area contributed by atoms with Crippen LogP contribution in [0, 0.1) is 13.8 Å². The van der Waals surface area contributed by atoms with Crippen LogP contribution in [0.5, 0.6) is 0 Å². The minimum Gasteiger partial charge on any atom is -0.361 e. The van der Waals surface area contributed by atoms with E-state index in [1.54, 1.807) is 12.4 Å². The normalized spacial score (nSPS) is 10.8. The lowest BCUT2D eigenvalue weighted by Crippen LogP contribution is -2.25. The first-order valence-electron chi connectivity index (χ1n) is 9.72. The number of rotatable bonds is 6. The van der Waals surface area contributed by atoms with E-state index in [1.165, 1.54) is 22.1 Å². The Kier molecular flexibility index (Phi) is 5.29. The molecule has 0 radical (unpaired) electrons. The van der Waals surface area contributed by atoms with Crippen molar-refractivity contribution < 1.29 is 4.79 Å². The number of aromatic nitrogens is 2. The summed E-state index contributed by atoms with van der Waals surface area (Å²) in [5.74, 6) is -0.124. The number of aryl methyl sites for hydroxylation is 2. The molecule has 0 atom stereocenters. The predicted molar refractivity (Wildman–Crippen MR) is 118 cm³/mol. The van der Waals surface area contributed by atoms with E-state index in [0.717, 1.165) is 23.3 Å². The van der Waals surface area contributed by atoms with Gasteiger partial charge in [-0.2, -0.15) is 0 Å². The Balaban J connectivity index is 1.39. The van der Waals surface area contributed by atoms with Gasteiger partial charge in [0, 0.05) is 35.5 Å². The number of fused-ring (bicyclic) bond motifs is 1. The molecule has 1 amide bonds. The van der Waals surface area contributed by atoms with Crippen molar-refractivity contribution >= 4 is 28.2 Å². The van der Waals surface area contributed by atoms with Gasteiger partial charge in [0.1, 0.15) is 0 Å². The average molecular weight is 384 g/mol. The van der Waals surface area contributed by atoms with Gasteiger partial charge in [-0.1, -0.05) is 24.3 Å². The standard InChI is InChI=1S/C24H24N4O/c1-16-9-17(2)11-20(10-16)28-21-12-19(13-25-15-21)24(29)26-8-7-18-14-27-23-6-4-3-5-22(18)23/h3-6,9-15,27-28H,7-8H2,1-2H3,(H,26,29). The molecule has 2 heterocycles. The molecule has 0 bridgehead atoms. The number of benzene rings is 2. The number of nitrogens with zero attached hydrogens (tertiary/aromatic N) is 1. The van der Waals surface area contributed by atoms with Gasteiger partial charge in [0.05, 0.1) is 17.4 Å². The summed E-state index contributed by atoms with van der Waals surface area (Å²) in [5, 5.41) is 7.52. The molecule has 0 fully saturated rings. The molecule has 0 saturated carbocycles. The van der Waals surface area contributed by atoms with E-state index in [0.29, 0.717) is 12.1 Å². The zero-order chi connectivity index (χ0) is 20.2. The number of hydrogen-bond acceptors (Lipinski definition) is 3. The Labute approximate surface area is 170 Å². The fourth-order valence-corrected chi connectivity index (χ4v) is 3.60. The topological polar surface area (TPSA) is 69.8 Å². The van der Waals surface area contributed by atoms with Gasteiger partial charge in [-0.15, -0.1) is 0 Å². The molecule has 4 rings (SSSR count). The van der Waals surface area contributed by atoms with Crippen LogP contribution in [0.4, 0.5) is 11.4 Å². The molecular weight excluding hydrogens is 360 g/mol. The lowest BCUT2D eigenvalue weighted by Gasteiger charge is -2.10. The summed E-state index contributed by atoms with van der Waals surface area (Å²) >= 11 is 0. The second-order valence-corrected chi connectivity index (χ2v) is 7.33. The highest BCUT2D eigenvalue weighted by atomic mass is 16.1. The molecule has 146 valence electrons. The first-order valence-corrected chi connectivity index (χ1v) is 9.72. The van der Waals surface area contributed by atoms with E-state index in [-0.39, 0.29) is 5.91 Å². The maximum atomic E-state index is 12.6. The van der Waals surface area contributed by atoms with Gasteiger partial charge in [-0.25, -0.2) is 0 Å². The lowest BCUT2D eigenvalue weighted by atomic mass is 10.1. The highest BCUT2D eigenvalue weighted by Gasteiger charge is 2.08. The Bertz CT molecular complexity index is 1140. The molecule has 2 aromatic heterocycles. The van der Waals surface area contributed by atoms with Crippen LogP contribution in [0.25, 0.3) is 10.9 Å². The van der Waals surface area contributed by atoms with E-state index in [4.69, 9.17) is 0 Å². The minimum atomic E-state index is -0.124. The summed E-state index contributed by atoms with van der Waals surface area (Å²) in [6, 6.07) is 16.3. The number of amides is 1. The molecule has 5 nitrogen and oxygen atoms in total. The van der Waals surface area contributed by atoms with E-state index in [1.807, 2.05) is 24.4 Å². The summed E-state index contributed by atoms with van der Waals surface area (Å²) in [6.45, 7) is 4.69. The van der Waals surface area contributed by atoms with E-state index in [9.17, 15) is 4.79 Å². The number of hydrogen-bond donors (Lipinski definition) is 3. The third-order valence-electron chi connectivity index (χ3n) is 4.87. The fourth-order valence-electron chi connectivity index (χ4n) is 3.60. The number of pyridine rings is 1. The predicted octanol–water partition coefficient (Wildman–Crippen LogP) is 4.90. The summed E-state index contributed by atoms with van der Waals surface area (Å²) in [4.78, 5) is 20.0. The average Bonchev–Trinajstić information content (AvgIpc) is 3.10. The van der Waals surface area contributed by atoms with Crippen LogP contribution in [0.3, 0.4) is 0 Å². The SMILES string of the molecule is Cc1cc(C)cc(Nc2cncc(C(=O)NCCc3c[nH]c4ccccc34)c2)c1. The van der Waals surface area contributed by atoms with Crippen molar-refractivity contribution in [1.29, 1.82) is 0 Å². The van der Waals surface area contributed by atoms with Crippen molar-refractivity contribution in [2.75, 3.05) is 11.9 Å². The van der Waals surface area contributed by atoms with Crippen LogP contribution >= 0.6 is 0 Å². The van der Waals surface area contributed by atoms with Gasteiger partial charge < -0.3 is 15.6 Å². The fraction of sp³-hybridized carbons (Fsp3) is 0.167. The zero-order valence-corrected chi connectivity index (χ0v) is 16.6. The van der Waals surface area contributed by atoms with Crippen LogP contribution in [0.2, 0.25) is 0 Å². The van der Waals surface area contributed by atoms with Crippen LogP contribution in [0.15, 0.2) is 67.1 Å². The van der Waals surface area contributed by atoms with Gasteiger partial charge in [0.15, 0.2) is 0 Å². The molecule has 29 heavy (non-hydrogen) atoms. The molecule has 0 aliphatic rings. The maximum absolute atomic E-state index is 12.6. The van der Waals surface area contributed by atoms with E-state index >= 15 is 0 Å². The molecule has 4 aromatic rings. The molecule has 2 aromatic carbocycles. The van der Waals surface area contributed by atoms with Crippen molar-refractivity contribution in [3.05, 3.63) is 89.4 Å². The van der Waals surface area contributed by atoms with Crippen molar-refractivity contribution in [3.63, 3.8) is 0 Å². The number of para-hydroxylation sites is 1. The van der Waals surface area contributed by atoms with Crippen molar-refractivity contribution in [2.45, 2.75) is 20.3 Å². The highest BCUT2D eigenvalue weighted by Crippen LogP contribution is 2.20. The van der Waals surface area contributed by atoms with Gasteiger partial charge >= 0.3 is 0 Å². The lowest BCUT2D eigenvalue weighted by molar-refractivity contribution is 0.0954. The number of carbonyl (C=O) groups excluding carboxylic acids is 1. The first-order chi connectivity index (χ1) is 14.1. The summed E-state index contributed by atoms with van der Waals surface area (Å²) in [7, 11) is 0. The molecular formula is C24H24N4O. The van der Waals surface area contributed by atoms with Gasteiger partial charge in [-0.3, -0.25) is 9.78 Å². The van der Waals surface area contributed by atoms with Gasteiger partial charge in [0.25, 0.3) is 5.91 Å². The zero-order valence-electron chi connectivity index (χ0n) is 16.6. The largest absolute Gasteiger partial charge is 0.361 e. The molecule has 0 unspecified atom stereocenters. The number of anilines is 2. The molecule has 3 N–H and O–H groups in total. The second kappa shape index (κ2) is 8.19. The Morgan fingerprint density at radius 2 is 1.79 bits per heavy atom. The smallest absolute Gasteiger partial charge is 0.252 e. The Morgan fingerprint density at radius 1 is 1.00 bits per heavy atom. The summed E-state index contributed by atoms with van der Waals surface area (Å²) < 4.78 is 0. The van der Waals surface area contributed by atoms with Crippen LogP contribution in [-0.4, -0.2) is 22.4 Å². The molecule has 0 saturated heterocycles. The number of aromatic amines is 1. The first kappa shape index (κ1) is 18.7. The third-order valence-corrected chi connectivity index (χ3v) is 4.87. The number of nitrogens with one attached hydrogen (secondary N) is 3. The molecule has 5 heteroatoms. The van der Waals surface area contributed by atoms with Crippen molar-refractivity contribution in [2.24, 2.45) is 0 Å². The number of carbonyl (C=O) groups is 1. The van der Waals surface area contributed by atoms with Gasteiger partial charge in [0.2, 0.25) is 0 Å². The minimum absolute atomic E-state index is 0.124. The Morgan fingerprint density at radius 3 is 2.62 bits per heavy atom. The highest BCUT2D eigenvalue weighted by molar-refractivity contribution is 5.95. The maximum Gasteiger partial charge on any atom is 0.252 e. The molecule has 0 aliphatic heterocycles. The summed E-state index contributed by atoms with van der Waals surface area (Å²) in [5.41, 5.74) is 7.00. The van der Waals surface area contributed by atoms with Crippen LogP contribution < -0.4 is 10.6 Å². The van der Waals surface area contributed by atoms with E-state index in [2.05, 4.69) is 64.8 Å². The summed E-state index contributed by atoms with van der Waals surface area (Å²) in [6.07, 6.45) is 6.09. The van der Waals surface area contributed by atoms with Gasteiger partial charge in [-0.05, 0) is 61.2 Å². The quantitative estimate of drug-likeness (QED) is 0.443. The van der Waals surface area contributed by atoms with Crippen LogP contribution in [-0.2, 0) is 6.42 Å².